The van der Waals surface area contributed by atoms with Crippen LogP contribution < -0.4 is 14.5 Å². The maximum Gasteiger partial charge on any atom is 0.416 e. The van der Waals surface area contributed by atoms with Gasteiger partial charge >= 0.3 is 6.18 Å². The quantitative estimate of drug-likeness (QED) is 0.696. The Labute approximate surface area is 158 Å². The number of benzene rings is 2. The van der Waals surface area contributed by atoms with Crippen LogP contribution in [0.5, 0.6) is 5.75 Å². The molecule has 3 nitrogen and oxygen atoms in total. The molecule has 0 radical (unpaired) electrons. The van der Waals surface area contributed by atoms with Gasteiger partial charge < -0.3 is 14.5 Å². The number of halogens is 3. The maximum absolute atomic E-state index is 12.7. The fourth-order valence-corrected chi connectivity index (χ4v) is 3.54. The Balaban J connectivity index is 1.34. The van der Waals surface area contributed by atoms with Gasteiger partial charge in [0.1, 0.15) is 38.5 Å². The molecule has 0 amide bonds. The van der Waals surface area contributed by atoms with Gasteiger partial charge in [-0.15, -0.1) is 0 Å². The molecule has 27 heavy (non-hydrogen) atoms. The number of alkyl halides is 3. The maximum atomic E-state index is 12.7. The lowest BCUT2D eigenvalue weighted by Crippen LogP contribution is -3.27. The fraction of sp³-hybridized carbons (Fsp3) is 0.429. The molecule has 146 valence electrons. The van der Waals surface area contributed by atoms with E-state index in [4.69, 9.17) is 4.74 Å². The van der Waals surface area contributed by atoms with Gasteiger partial charge in [-0.3, -0.25) is 0 Å². The number of piperazine rings is 1. The summed E-state index contributed by atoms with van der Waals surface area (Å²) >= 11 is 0. The zero-order valence-electron chi connectivity index (χ0n) is 15.4. The second-order valence-corrected chi connectivity index (χ2v) is 7.14. The highest BCUT2D eigenvalue weighted by Crippen LogP contribution is 2.31. The number of hydrogen-bond acceptors (Lipinski definition) is 1. The van der Waals surface area contributed by atoms with Crippen molar-refractivity contribution in [1.82, 2.24) is 0 Å². The van der Waals surface area contributed by atoms with Crippen molar-refractivity contribution >= 4 is 0 Å². The second-order valence-electron chi connectivity index (χ2n) is 7.14. The summed E-state index contributed by atoms with van der Waals surface area (Å²) in [5.41, 5.74) is 0.716. The van der Waals surface area contributed by atoms with Crippen molar-refractivity contribution in [3.63, 3.8) is 0 Å². The fourth-order valence-electron chi connectivity index (χ4n) is 3.54. The van der Waals surface area contributed by atoms with E-state index in [0.717, 1.165) is 57.8 Å². The van der Waals surface area contributed by atoms with Crippen molar-refractivity contribution in [3.8, 4) is 5.75 Å². The molecule has 1 aliphatic heterocycles. The van der Waals surface area contributed by atoms with Gasteiger partial charge in [-0.05, 0) is 18.2 Å². The van der Waals surface area contributed by atoms with E-state index < -0.39 is 11.7 Å². The van der Waals surface area contributed by atoms with Crippen molar-refractivity contribution in [2.24, 2.45) is 0 Å². The molecule has 0 atom stereocenters. The van der Waals surface area contributed by atoms with Crippen LogP contribution in [0.15, 0.2) is 54.6 Å². The van der Waals surface area contributed by atoms with E-state index in [0.29, 0.717) is 6.61 Å². The molecule has 2 aromatic carbocycles. The van der Waals surface area contributed by atoms with E-state index >= 15 is 0 Å². The molecular weight excluding hydrogens is 353 g/mol. The Morgan fingerprint density at radius 2 is 1.56 bits per heavy atom. The highest BCUT2D eigenvalue weighted by molar-refractivity contribution is 5.30. The summed E-state index contributed by atoms with van der Waals surface area (Å²) in [6.07, 6.45) is -3.48. The molecule has 1 aliphatic rings. The number of nitrogens with one attached hydrogen (secondary N) is 2. The van der Waals surface area contributed by atoms with Gasteiger partial charge in [-0.2, -0.15) is 13.2 Å². The van der Waals surface area contributed by atoms with E-state index in [1.165, 1.54) is 11.6 Å². The second kappa shape index (κ2) is 9.24. The molecule has 0 bridgehead atoms. The first-order valence-corrected chi connectivity index (χ1v) is 9.52. The van der Waals surface area contributed by atoms with Crippen molar-refractivity contribution < 1.29 is 27.7 Å². The third-order valence-corrected chi connectivity index (χ3v) is 5.07. The highest BCUT2D eigenvalue weighted by Gasteiger charge is 2.30. The van der Waals surface area contributed by atoms with Crippen LogP contribution in [0.3, 0.4) is 0 Å². The first-order valence-electron chi connectivity index (χ1n) is 9.52. The molecule has 0 spiro atoms. The van der Waals surface area contributed by atoms with Gasteiger partial charge in [0.2, 0.25) is 0 Å². The summed E-state index contributed by atoms with van der Waals surface area (Å²) in [6, 6.07) is 15.7. The lowest BCUT2D eigenvalue weighted by atomic mass is 10.2. The molecule has 0 unspecified atom stereocenters. The average molecular weight is 380 g/mol. The van der Waals surface area contributed by atoms with Gasteiger partial charge in [-0.1, -0.05) is 36.4 Å². The summed E-state index contributed by atoms with van der Waals surface area (Å²) in [7, 11) is 0. The van der Waals surface area contributed by atoms with Crippen molar-refractivity contribution in [2.45, 2.75) is 19.1 Å². The molecule has 0 saturated carbocycles. The molecule has 2 aromatic rings. The van der Waals surface area contributed by atoms with Crippen LogP contribution in [0.25, 0.3) is 0 Å². The molecule has 0 aromatic heterocycles. The van der Waals surface area contributed by atoms with Gasteiger partial charge in [0.25, 0.3) is 0 Å². The minimum absolute atomic E-state index is 0.289. The van der Waals surface area contributed by atoms with Gasteiger partial charge in [0.15, 0.2) is 0 Å². The molecule has 0 aliphatic carbocycles. The summed E-state index contributed by atoms with van der Waals surface area (Å²) < 4.78 is 43.6. The molecule has 3 rings (SSSR count). The molecule has 1 fully saturated rings. The largest absolute Gasteiger partial charge is 0.493 e. The third kappa shape index (κ3) is 6.26. The van der Waals surface area contributed by atoms with E-state index in [-0.39, 0.29) is 5.75 Å². The Kier molecular flexibility index (Phi) is 6.74. The predicted octanol–water partition coefficient (Wildman–Crippen LogP) is 1.46. The lowest BCUT2D eigenvalue weighted by Gasteiger charge is -2.29. The zero-order valence-corrected chi connectivity index (χ0v) is 15.4. The topological polar surface area (TPSA) is 18.1 Å². The van der Waals surface area contributed by atoms with Crippen LogP contribution in [-0.2, 0) is 12.7 Å². The molecule has 1 heterocycles. The van der Waals surface area contributed by atoms with Gasteiger partial charge in [-0.25, -0.2) is 0 Å². The lowest BCUT2D eigenvalue weighted by molar-refractivity contribution is -1.02. The number of ether oxygens (including phenoxy) is 1. The average Bonchev–Trinajstić information content (AvgIpc) is 2.67. The van der Waals surface area contributed by atoms with Crippen LogP contribution in [0, 0.1) is 0 Å². The van der Waals surface area contributed by atoms with Crippen LogP contribution in [0.2, 0.25) is 0 Å². The van der Waals surface area contributed by atoms with Gasteiger partial charge in [0.05, 0.1) is 18.7 Å². The predicted molar refractivity (Wildman–Crippen MR) is 98.0 cm³/mol. The van der Waals surface area contributed by atoms with Crippen molar-refractivity contribution in [1.29, 1.82) is 0 Å². The van der Waals surface area contributed by atoms with Crippen molar-refractivity contribution in [2.75, 3.05) is 39.3 Å². The zero-order chi connectivity index (χ0) is 19.1. The van der Waals surface area contributed by atoms with E-state index in [9.17, 15) is 13.2 Å². The van der Waals surface area contributed by atoms with E-state index in [2.05, 4.69) is 24.3 Å². The Bertz CT molecular complexity index is 698. The van der Waals surface area contributed by atoms with Crippen molar-refractivity contribution in [3.05, 3.63) is 65.7 Å². The normalized spacial score (nSPS) is 20.4. The van der Waals surface area contributed by atoms with Crippen LogP contribution in [0.4, 0.5) is 13.2 Å². The number of rotatable bonds is 7. The van der Waals surface area contributed by atoms with Crippen LogP contribution >= 0.6 is 0 Å². The van der Waals surface area contributed by atoms with E-state index in [1.807, 2.05) is 6.07 Å². The summed E-state index contributed by atoms with van der Waals surface area (Å²) in [5.74, 6) is 0.289. The summed E-state index contributed by atoms with van der Waals surface area (Å²) in [4.78, 5) is 3.17. The Morgan fingerprint density at radius 3 is 2.26 bits per heavy atom. The van der Waals surface area contributed by atoms with E-state index in [1.54, 1.807) is 15.9 Å². The molecule has 1 saturated heterocycles. The Hall–Kier alpha value is -2.05. The van der Waals surface area contributed by atoms with Crippen LogP contribution in [0.1, 0.15) is 17.5 Å². The molecule has 6 heteroatoms. The molecule has 2 N–H and O–H groups in total. The number of hydrogen-bond donors (Lipinski definition) is 2. The SMILES string of the molecule is FC(F)(F)c1cccc(OCCC[NH+]2CC[NH+](Cc3ccccc3)CC2)c1. The third-order valence-electron chi connectivity index (χ3n) is 5.07. The summed E-state index contributed by atoms with van der Waals surface area (Å²) in [5, 5.41) is 0. The van der Waals surface area contributed by atoms with Crippen LogP contribution in [-0.4, -0.2) is 39.3 Å². The monoisotopic (exact) mass is 380 g/mol. The standard InChI is InChI=1S/C21H25F3N2O/c22-21(23,24)19-8-4-9-20(16-19)27-15-5-10-25-11-13-26(14-12-25)17-18-6-2-1-3-7-18/h1-4,6-9,16H,5,10-15,17H2/p+2. The number of quaternary nitrogens is 2. The minimum Gasteiger partial charge on any atom is -0.493 e. The molecular formula is C21H27F3N2O+2. The van der Waals surface area contributed by atoms with Gasteiger partial charge in [0, 0.05) is 12.0 Å². The summed E-state index contributed by atoms with van der Waals surface area (Å²) in [6.45, 7) is 7.09. The first-order chi connectivity index (χ1) is 13.0. The minimum atomic E-state index is -4.33. The first kappa shape index (κ1) is 19.7. The highest BCUT2D eigenvalue weighted by atomic mass is 19.4. The smallest absolute Gasteiger partial charge is 0.416 e. The Morgan fingerprint density at radius 1 is 0.852 bits per heavy atom.